The second kappa shape index (κ2) is 8.39. The highest BCUT2D eigenvalue weighted by Crippen LogP contribution is 2.28. The van der Waals surface area contributed by atoms with Crippen LogP contribution >= 0.6 is 0 Å². The number of rotatable bonds is 8. The number of primary amides is 1. The molecular weight excluding hydrogens is 348 g/mol. The average Bonchev–Trinajstić information content (AvgIpc) is 2.59. The molecule has 0 saturated heterocycles. The van der Waals surface area contributed by atoms with Gasteiger partial charge in [0.05, 0.1) is 25.1 Å². The van der Waals surface area contributed by atoms with Crippen LogP contribution in [0.5, 0.6) is 5.75 Å². The summed E-state index contributed by atoms with van der Waals surface area (Å²) in [5.41, 5.74) is 11.9. The minimum Gasteiger partial charge on any atom is -0.488 e. The fraction of sp³-hybridized carbons (Fsp3) is 0.526. The predicted octanol–water partition coefficient (Wildman–Crippen LogP) is 1.41. The van der Waals surface area contributed by atoms with Gasteiger partial charge in [-0.3, -0.25) is 14.5 Å². The molecule has 0 saturated carbocycles. The molecule has 1 aromatic rings. The van der Waals surface area contributed by atoms with Gasteiger partial charge in [0.15, 0.2) is 5.96 Å². The number of hydrogen-bond donors (Lipinski definition) is 2. The molecule has 1 aromatic carbocycles. The maximum atomic E-state index is 12.7. The highest BCUT2D eigenvalue weighted by atomic mass is 16.5. The van der Waals surface area contributed by atoms with Crippen molar-refractivity contribution in [3.63, 3.8) is 0 Å². The van der Waals surface area contributed by atoms with E-state index < -0.39 is 11.4 Å². The van der Waals surface area contributed by atoms with Crippen LogP contribution in [0.2, 0.25) is 0 Å². The molecule has 0 aromatic heterocycles. The van der Waals surface area contributed by atoms with Crippen LogP contribution in [0.3, 0.4) is 0 Å². The number of methoxy groups -OCH3 is 1. The lowest BCUT2D eigenvalue weighted by Gasteiger charge is -2.34. The van der Waals surface area contributed by atoms with Gasteiger partial charge >= 0.3 is 0 Å². The van der Waals surface area contributed by atoms with Gasteiger partial charge in [-0.25, -0.2) is 4.99 Å². The normalized spacial score (nSPS) is 21.0. The first-order chi connectivity index (χ1) is 12.7. The first-order valence-electron chi connectivity index (χ1n) is 8.93. The topological polar surface area (TPSA) is 120 Å². The van der Waals surface area contributed by atoms with Crippen LogP contribution in [0.15, 0.2) is 23.2 Å². The molecule has 1 heterocycles. The number of aliphatic imine (C=N–C) groups is 1. The third kappa shape index (κ3) is 4.97. The average molecular weight is 376 g/mol. The van der Waals surface area contributed by atoms with Crippen molar-refractivity contribution in [1.29, 1.82) is 0 Å². The van der Waals surface area contributed by atoms with Crippen LogP contribution in [0.4, 0.5) is 0 Å². The van der Waals surface area contributed by atoms with Gasteiger partial charge in [-0.2, -0.15) is 0 Å². The maximum Gasteiger partial charge on any atom is 0.248 e. The van der Waals surface area contributed by atoms with E-state index in [-0.39, 0.29) is 30.9 Å². The van der Waals surface area contributed by atoms with Crippen molar-refractivity contribution in [3.8, 4) is 5.75 Å². The second-order valence-corrected chi connectivity index (χ2v) is 7.05. The van der Waals surface area contributed by atoms with Crippen molar-refractivity contribution in [3.05, 3.63) is 29.3 Å². The van der Waals surface area contributed by atoms with Crippen molar-refractivity contribution in [2.45, 2.75) is 51.8 Å². The summed E-state index contributed by atoms with van der Waals surface area (Å²) >= 11 is 0. The zero-order valence-corrected chi connectivity index (χ0v) is 16.3. The van der Waals surface area contributed by atoms with Crippen LogP contribution < -0.4 is 16.2 Å². The zero-order valence-electron chi connectivity index (χ0n) is 16.3. The molecule has 148 valence electrons. The molecule has 2 rings (SSSR count). The first kappa shape index (κ1) is 20.7. The van der Waals surface area contributed by atoms with Crippen LogP contribution in [-0.4, -0.2) is 48.0 Å². The SMILES string of the molecule is CCC1(C)CC(=O)N(Cc2cc(C(N)=O)ccc2OC(C)COC)C(N)=N1. The maximum absolute atomic E-state index is 12.7. The van der Waals surface area contributed by atoms with E-state index in [0.717, 1.165) is 0 Å². The molecule has 1 aliphatic rings. The van der Waals surface area contributed by atoms with Crippen molar-refractivity contribution in [2.24, 2.45) is 16.5 Å². The standard InChI is InChI=1S/C19H28N4O4/c1-5-19(3)9-16(24)23(18(21)22-19)10-14-8-13(17(20)25)6-7-15(14)27-12(2)11-26-4/h6-8,12H,5,9-11H2,1-4H3,(H2,20,25)(H2,21,22). The summed E-state index contributed by atoms with van der Waals surface area (Å²) in [5, 5.41) is 0. The van der Waals surface area contributed by atoms with Gasteiger partial charge in [-0.1, -0.05) is 6.92 Å². The summed E-state index contributed by atoms with van der Waals surface area (Å²) in [6, 6.07) is 4.87. The molecule has 0 fully saturated rings. The summed E-state index contributed by atoms with van der Waals surface area (Å²) < 4.78 is 11.0. The number of nitrogens with two attached hydrogens (primary N) is 2. The molecule has 1 aliphatic heterocycles. The molecule has 0 radical (unpaired) electrons. The fourth-order valence-electron chi connectivity index (χ4n) is 2.93. The Balaban J connectivity index is 2.35. The van der Waals surface area contributed by atoms with E-state index in [0.29, 0.717) is 29.9 Å². The predicted molar refractivity (Wildman–Crippen MR) is 102 cm³/mol. The van der Waals surface area contributed by atoms with E-state index in [1.807, 2.05) is 20.8 Å². The Kier molecular flexibility index (Phi) is 6.43. The largest absolute Gasteiger partial charge is 0.488 e. The van der Waals surface area contributed by atoms with E-state index in [1.54, 1.807) is 25.3 Å². The van der Waals surface area contributed by atoms with E-state index >= 15 is 0 Å². The van der Waals surface area contributed by atoms with Crippen LogP contribution in [0.25, 0.3) is 0 Å². The summed E-state index contributed by atoms with van der Waals surface area (Å²) in [4.78, 5) is 30.1. The molecule has 2 amide bonds. The minimum atomic E-state index is -0.557. The van der Waals surface area contributed by atoms with Crippen molar-refractivity contribution >= 4 is 17.8 Å². The zero-order chi connectivity index (χ0) is 20.2. The Labute approximate surface area is 159 Å². The number of carbonyl (C=O) groups is 2. The van der Waals surface area contributed by atoms with E-state index in [2.05, 4.69) is 4.99 Å². The number of benzene rings is 1. The third-order valence-corrected chi connectivity index (χ3v) is 4.66. The Morgan fingerprint density at radius 3 is 2.70 bits per heavy atom. The molecule has 2 unspecified atom stereocenters. The highest BCUT2D eigenvalue weighted by molar-refractivity contribution is 5.99. The minimum absolute atomic E-state index is 0.118. The van der Waals surface area contributed by atoms with E-state index in [9.17, 15) is 9.59 Å². The fourth-order valence-corrected chi connectivity index (χ4v) is 2.93. The summed E-state index contributed by atoms with van der Waals surface area (Å²) in [5.74, 6) is 0.0232. The quantitative estimate of drug-likeness (QED) is 0.711. The van der Waals surface area contributed by atoms with Crippen LogP contribution in [-0.2, 0) is 16.1 Å². The summed E-state index contributed by atoms with van der Waals surface area (Å²) in [7, 11) is 1.59. The summed E-state index contributed by atoms with van der Waals surface area (Å²) in [6.07, 6.45) is 0.781. The monoisotopic (exact) mass is 376 g/mol. The second-order valence-electron chi connectivity index (χ2n) is 7.05. The molecule has 2 atom stereocenters. The van der Waals surface area contributed by atoms with Gasteiger partial charge in [-0.05, 0) is 38.5 Å². The Hall–Kier alpha value is -2.61. The molecular formula is C19H28N4O4. The number of ether oxygens (including phenoxy) is 2. The molecule has 27 heavy (non-hydrogen) atoms. The number of hydrogen-bond acceptors (Lipinski definition) is 6. The first-order valence-corrected chi connectivity index (χ1v) is 8.93. The summed E-state index contributed by atoms with van der Waals surface area (Å²) in [6.45, 7) is 6.29. The van der Waals surface area contributed by atoms with E-state index in [1.165, 1.54) is 4.90 Å². The molecule has 8 nitrogen and oxygen atoms in total. The molecule has 0 spiro atoms. The van der Waals surface area contributed by atoms with Gasteiger partial charge in [0, 0.05) is 18.2 Å². The van der Waals surface area contributed by atoms with Gasteiger partial charge in [-0.15, -0.1) is 0 Å². The van der Waals surface area contributed by atoms with Crippen molar-refractivity contribution < 1.29 is 19.1 Å². The Morgan fingerprint density at radius 2 is 2.15 bits per heavy atom. The number of nitrogens with zero attached hydrogens (tertiary/aromatic N) is 2. The molecule has 8 heteroatoms. The van der Waals surface area contributed by atoms with Crippen LogP contribution in [0.1, 0.15) is 49.5 Å². The lowest BCUT2D eigenvalue weighted by atomic mass is 9.93. The molecule has 0 bridgehead atoms. The van der Waals surface area contributed by atoms with Crippen molar-refractivity contribution in [2.75, 3.05) is 13.7 Å². The number of guanidine groups is 1. The van der Waals surface area contributed by atoms with E-state index in [4.69, 9.17) is 20.9 Å². The number of amides is 2. The van der Waals surface area contributed by atoms with Gasteiger partial charge in [0.2, 0.25) is 11.8 Å². The third-order valence-electron chi connectivity index (χ3n) is 4.66. The number of carbonyl (C=O) groups excluding carboxylic acids is 2. The van der Waals surface area contributed by atoms with Crippen molar-refractivity contribution in [1.82, 2.24) is 4.90 Å². The Morgan fingerprint density at radius 1 is 1.44 bits per heavy atom. The van der Waals surface area contributed by atoms with Gasteiger partial charge in [0.25, 0.3) is 0 Å². The highest BCUT2D eigenvalue weighted by Gasteiger charge is 2.35. The molecule has 0 aliphatic carbocycles. The lowest BCUT2D eigenvalue weighted by molar-refractivity contribution is -0.129. The van der Waals surface area contributed by atoms with Gasteiger partial charge in [0.1, 0.15) is 11.9 Å². The van der Waals surface area contributed by atoms with Gasteiger partial charge < -0.3 is 20.9 Å². The molecule has 4 N–H and O–H groups in total. The Bertz CT molecular complexity index is 749. The lowest BCUT2D eigenvalue weighted by Crippen LogP contribution is -2.50. The smallest absolute Gasteiger partial charge is 0.248 e. The van der Waals surface area contributed by atoms with Crippen LogP contribution in [0, 0.1) is 0 Å².